The monoisotopic (exact) mass is 242 g/mol. The second-order valence-corrected chi connectivity index (χ2v) is 6.18. The fraction of sp³-hybridized carbons (Fsp3) is 1.00. The SMILES string of the molecule is COCCN(C)CC1(N)C2CCOC2C1(C)C. The lowest BCUT2D eigenvalue weighted by Crippen LogP contribution is -2.78. The van der Waals surface area contributed by atoms with Gasteiger partial charge in [0.2, 0.25) is 0 Å². The van der Waals surface area contributed by atoms with E-state index in [1.165, 1.54) is 0 Å². The van der Waals surface area contributed by atoms with E-state index in [1.807, 2.05) is 0 Å². The van der Waals surface area contributed by atoms with E-state index in [-0.39, 0.29) is 11.0 Å². The van der Waals surface area contributed by atoms with Gasteiger partial charge in [-0.25, -0.2) is 0 Å². The summed E-state index contributed by atoms with van der Waals surface area (Å²) in [4.78, 5) is 2.28. The molecule has 17 heavy (non-hydrogen) atoms. The van der Waals surface area contributed by atoms with Crippen molar-refractivity contribution in [2.24, 2.45) is 17.1 Å². The molecule has 2 aliphatic rings. The van der Waals surface area contributed by atoms with Crippen molar-refractivity contribution in [1.82, 2.24) is 4.90 Å². The van der Waals surface area contributed by atoms with Crippen molar-refractivity contribution in [2.45, 2.75) is 31.9 Å². The van der Waals surface area contributed by atoms with Crippen LogP contribution in [0.5, 0.6) is 0 Å². The summed E-state index contributed by atoms with van der Waals surface area (Å²) in [5, 5.41) is 0. The lowest BCUT2D eigenvalue weighted by molar-refractivity contribution is -0.162. The Morgan fingerprint density at radius 3 is 2.82 bits per heavy atom. The highest BCUT2D eigenvalue weighted by atomic mass is 16.5. The van der Waals surface area contributed by atoms with Crippen LogP contribution in [-0.4, -0.2) is 57.0 Å². The van der Waals surface area contributed by atoms with Crippen LogP contribution in [0.3, 0.4) is 0 Å². The van der Waals surface area contributed by atoms with Crippen molar-refractivity contribution in [2.75, 3.05) is 40.5 Å². The Morgan fingerprint density at radius 2 is 2.18 bits per heavy atom. The van der Waals surface area contributed by atoms with Crippen molar-refractivity contribution < 1.29 is 9.47 Å². The molecule has 100 valence electrons. The van der Waals surface area contributed by atoms with Crippen LogP contribution in [0.2, 0.25) is 0 Å². The van der Waals surface area contributed by atoms with Gasteiger partial charge in [0.05, 0.1) is 12.7 Å². The molecule has 2 N–H and O–H groups in total. The summed E-state index contributed by atoms with van der Waals surface area (Å²) in [7, 11) is 3.85. The first kappa shape index (κ1) is 13.3. The second-order valence-electron chi connectivity index (χ2n) is 6.18. The molecule has 3 unspecified atom stereocenters. The van der Waals surface area contributed by atoms with Gasteiger partial charge in [0.15, 0.2) is 0 Å². The number of ether oxygens (including phenoxy) is 2. The zero-order valence-electron chi connectivity index (χ0n) is 11.5. The molecule has 0 aromatic heterocycles. The average molecular weight is 242 g/mol. The minimum Gasteiger partial charge on any atom is -0.383 e. The van der Waals surface area contributed by atoms with Crippen LogP contribution < -0.4 is 5.73 Å². The van der Waals surface area contributed by atoms with Gasteiger partial charge < -0.3 is 20.1 Å². The van der Waals surface area contributed by atoms with Gasteiger partial charge in [0, 0.05) is 43.7 Å². The quantitative estimate of drug-likeness (QED) is 0.771. The highest BCUT2D eigenvalue weighted by Crippen LogP contribution is 2.58. The topological polar surface area (TPSA) is 47.7 Å². The molecular formula is C13H26N2O2. The maximum absolute atomic E-state index is 6.68. The number of likely N-dealkylation sites (N-methyl/N-ethyl adjacent to an activating group) is 1. The van der Waals surface area contributed by atoms with E-state index in [1.54, 1.807) is 7.11 Å². The van der Waals surface area contributed by atoms with Crippen LogP contribution >= 0.6 is 0 Å². The Bertz CT molecular complexity index is 283. The first-order chi connectivity index (χ1) is 7.93. The average Bonchev–Trinajstić information content (AvgIpc) is 2.74. The summed E-state index contributed by atoms with van der Waals surface area (Å²) in [6.45, 7) is 7.97. The first-order valence-electron chi connectivity index (χ1n) is 6.51. The molecule has 1 saturated carbocycles. The number of methoxy groups -OCH3 is 1. The lowest BCUT2D eigenvalue weighted by Gasteiger charge is -2.63. The summed E-state index contributed by atoms with van der Waals surface area (Å²) >= 11 is 0. The molecule has 2 fully saturated rings. The van der Waals surface area contributed by atoms with Gasteiger partial charge in [-0.05, 0) is 13.5 Å². The zero-order chi connectivity index (χ0) is 12.7. The van der Waals surface area contributed by atoms with Gasteiger partial charge in [0.1, 0.15) is 0 Å². The molecule has 0 spiro atoms. The Kier molecular flexibility index (Phi) is 3.51. The van der Waals surface area contributed by atoms with Crippen molar-refractivity contribution in [1.29, 1.82) is 0 Å². The number of hydrogen-bond acceptors (Lipinski definition) is 4. The minimum absolute atomic E-state index is 0.0789. The third-order valence-corrected chi connectivity index (χ3v) is 4.87. The molecular weight excluding hydrogens is 216 g/mol. The van der Waals surface area contributed by atoms with Gasteiger partial charge in [-0.1, -0.05) is 13.8 Å². The van der Waals surface area contributed by atoms with E-state index >= 15 is 0 Å². The molecule has 0 aromatic carbocycles. The first-order valence-corrected chi connectivity index (χ1v) is 6.51. The molecule has 3 atom stereocenters. The van der Waals surface area contributed by atoms with E-state index in [9.17, 15) is 0 Å². The molecule has 1 aliphatic carbocycles. The van der Waals surface area contributed by atoms with E-state index in [2.05, 4.69) is 25.8 Å². The molecule has 0 aromatic rings. The van der Waals surface area contributed by atoms with Gasteiger partial charge in [-0.15, -0.1) is 0 Å². The predicted octanol–water partition coefficient (Wildman–Crippen LogP) is 0.707. The summed E-state index contributed by atoms with van der Waals surface area (Å²) in [6, 6.07) is 0. The Labute approximate surface area is 104 Å². The minimum atomic E-state index is -0.114. The molecule has 1 aliphatic heterocycles. The fourth-order valence-electron chi connectivity index (χ4n) is 3.57. The maximum atomic E-state index is 6.68. The van der Waals surface area contributed by atoms with Gasteiger partial charge in [-0.2, -0.15) is 0 Å². The Balaban J connectivity index is 1.98. The molecule has 4 nitrogen and oxygen atoms in total. The van der Waals surface area contributed by atoms with Crippen LogP contribution in [0.1, 0.15) is 20.3 Å². The van der Waals surface area contributed by atoms with Crippen LogP contribution in [0.4, 0.5) is 0 Å². The zero-order valence-corrected chi connectivity index (χ0v) is 11.5. The normalized spacial score (nSPS) is 39.2. The number of nitrogens with two attached hydrogens (primary N) is 1. The Morgan fingerprint density at radius 1 is 1.47 bits per heavy atom. The van der Waals surface area contributed by atoms with Crippen LogP contribution in [-0.2, 0) is 9.47 Å². The van der Waals surface area contributed by atoms with Crippen LogP contribution in [0.15, 0.2) is 0 Å². The maximum Gasteiger partial charge on any atom is 0.0691 e. The highest BCUT2D eigenvalue weighted by molar-refractivity contribution is 5.21. The lowest BCUT2D eigenvalue weighted by atomic mass is 9.48. The molecule has 2 rings (SSSR count). The van der Waals surface area contributed by atoms with Crippen LogP contribution in [0, 0.1) is 11.3 Å². The van der Waals surface area contributed by atoms with Crippen molar-refractivity contribution in [3.63, 3.8) is 0 Å². The molecule has 0 bridgehead atoms. The summed E-state index contributed by atoms with van der Waals surface area (Å²) in [5.41, 5.74) is 6.64. The number of rotatable bonds is 5. The van der Waals surface area contributed by atoms with Crippen molar-refractivity contribution >= 4 is 0 Å². The van der Waals surface area contributed by atoms with Gasteiger partial charge >= 0.3 is 0 Å². The molecule has 4 heteroatoms. The summed E-state index contributed by atoms with van der Waals surface area (Å²) in [5.74, 6) is 0.530. The number of hydrogen-bond donors (Lipinski definition) is 1. The third kappa shape index (κ3) is 1.91. The van der Waals surface area contributed by atoms with E-state index in [0.29, 0.717) is 12.0 Å². The third-order valence-electron chi connectivity index (χ3n) is 4.87. The smallest absolute Gasteiger partial charge is 0.0691 e. The van der Waals surface area contributed by atoms with Gasteiger partial charge in [-0.3, -0.25) is 0 Å². The highest BCUT2D eigenvalue weighted by Gasteiger charge is 2.67. The predicted molar refractivity (Wildman–Crippen MR) is 67.9 cm³/mol. The largest absolute Gasteiger partial charge is 0.383 e. The fourth-order valence-corrected chi connectivity index (χ4v) is 3.57. The standard InChI is InChI=1S/C13H26N2O2/c1-12(2)11-10(5-7-17-11)13(12,14)9-15(3)6-8-16-4/h10-11H,5-9,14H2,1-4H3. The van der Waals surface area contributed by atoms with E-state index in [0.717, 1.165) is 32.7 Å². The van der Waals surface area contributed by atoms with Crippen molar-refractivity contribution in [3.05, 3.63) is 0 Å². The van der Waals surface area contributed by atoms with E-state index in [4.69, 9.17) is 15.2 Å². The van der Waals surface area contributed by atoms with Crippen molar-refractivity contribution in [3.8, 4) is 0 Å². The molecule has 1 heterocycles. The van der Waals surface area contributed by atoms with E-state index < -0.39 is 0 Å². The summed E-state index contributed by atoms with van der Waals surface area (Å²) in [6.07, 6.45) is 1.48. The molecule has 0 radical (unpaired) electrons. The molecule has 1 saturated heterocycles. The van der Waals surface area contributed by atoms with Gasteiger partial charge in [0.25, 0.3) is 0 Å². The number of nitrogens with zero attached hydrogens (tertiary/aromatic N) is 1. The molecule has 0 amide bonds. The van der Waals surface area contributed by atoms with Crippen LogP contribution in [0.25, 0.3) is 0 Å². The number of fused-ring (bicyclic) bond motifs is 1. The second kappa shape index (κ2) is 4.50. The summed E-state index contributed by atoms with van der Waals surface area (Å²) < 4.78 is 10.9. The Hall–Kier alpha value is -0.160.